The molecule has 0 bridgehead atoms. The molecule has 2 aromatic heterocycles. The van der Waals surface area contributed by atoms with Crippen molar-refractivity contribution >= 4 is 21.2 Å². The molecule has 0 spiro atoms. The average Bonchev–Trinajstić information content (AvgIpc) is 3.11. The summed E-state index contributed by atoms with van der Waals surface area (Å²) in [5.74, 6) is 0.0574. The maximum atomic E-state index is 12.6. The molecule has 1 atom stereocenters. The first kappa shape index (κ1) is 12.8. The molecular formula is C15H12N2O2S2. The maximum absolute atomic E-state index is 12.6. The summed E-state index contributed by atoms with van der Waals surface area (Å²) >= 11 is 1.30. The first-order valence-electron chi connectivity index (χ1n) is 6.52. The van der Waals surface area contributed by atoms with E-state index in [1.165, 1.54) is 11.3 Å². The quantitative estimate of drug-likeness (QED) is 0.693. The first-order chi connectivity index (χ1) is 10.2. The number of thiophene rings is 1. The molecule has 0 aliphatic carbocycles. The van der Waals surface area contributed by atoms with Crippen molar-refractivity contribution in [2.75, 3.05) is 0 Å². The van der Waals surface area contributed by atoms with Crippen LogP contribution in [0.15, 0.2) is 58.6 Å². The van der Waals surface area contributed by atoms with Crippen LogP contribution < -0.4 is 0 Å². The molecule has 1 aliphatic heterocycles. The number of rotatable bonds is 1. The third-order valence-electron chi connectivity index (χ3n) is 3.75. The van der Waals surface area contributed by atoms with E-state index in [9.17, 15) is 8.42 Å². The topological polar surface area (TPSA) is 52.0 Å². The second-order valence-electron chi connectivity index (χ2n) is 5.03. The van der Waals surface area contributed by atoms with Crippen LogP contribution in [0, 0.1) is 0 Å². The molecule has 1 aromatic carbocycles. The fourth-order valence-electron chi connectivity index (χ4n) is 2.87. The number of nitrogens with zero attached hydrogens (tertiary/aromatic N) is 2. The molecule has 6 heteroatoms. The highest BCUT2D eigenvalue weighted by Crippen LogP contribution is 2.40. The van der Waals surface area contributed by atoms with E-state index < -0.39 is 9.84 Å². The van der Waals surface area contributed by atoms with Gasteiger partial charge in [-0.3, -0.25) is 0 Å². The predicted octanol–water partition coefficient (Wildman–Crippen LogP) is 2.87. The van der Waals surface area contributed by atoms with Crippen molar-refractivity contribution < 1.29 is 8.42 Å². The third kappa shape index (κ3) is 1.94. The second-order valence-corrected chi connectivity index (χ2v) is 8.13. The van der Waals surface area contributed by atoms with Crippen molar-refractivity contribution in [3.63, 3.8) is 0 Å². The summed E-state index contributed by atoms with van der Waals surface area (Å²) in [5.41, 5.74) is 2.72. The van der Waals surface area contributed by atoms with Gasteiger partial charge in [0.25, 0.3) is 0 Å². The van der Waals surface area contributed by atoms with Gasteiger partial charge in [0.15, 0.2) is 9.84 Å². The molecule has 3 heterocycles. The number of hydrogen-bond acceptors (Lipinski definition) is 4. The zero-order chi connectivity index (χ0) is 14.4. The van der Waals surface area contributed by atoms with Gasteiger partial charge < -0.3 is 4.57 Å². The van der Waals surface area contributed by atoms with Gasteiger partial charge in [0.1, 0.15) is 4.21 Å². The van der Waals surface area contributed by atoms with E-state index in [-0.39, 0.29) is 11.8 Å². The predicted molar refractivity (Wildman–Crippen MR) is 81.1 cm³/mol. The molecule has 4 rings (SSSR count). The van der Waals surface area contributed by atoms with Crippen LogP contribution >= 0.6 is 11.3 Å². The van der Waals surface area contributed by atoms with Crippen molar-refractivity contribution in [2.24, 2.45) is 0 Å². The Labute approximate surface area is 126 Å². The van der Waals surface area contributed by atoms with Crippen LogP contribution in [-0.2, 0) is 15.6 Å². The van der Waals surface area contributed by atoms with Gasteiger partial charge in [0.05, 0.1) is 18.1 Å². The van der Waals surface area contributed by atoms with Crippen LogP contribution in [-0.4, -0.2) is 18.0 Å². The van der Waals surface area contributed by atoms with E-state index in [2.05, 4.69) is 4.98 Å². The van der Waals surface area contributed by atoms with E-state index in [4.69, 9.17) is 0 Å². The van der Waals surface area contributed by atoms with Crippen LogP contribution in [0.3, 0.4) is 0 Å². The molecule has 0 saturated heterocycles. The highest BCUT2D eigenvalue weighted by atomic mass is 32.2. The van der Waals surface area contributed by atoms with Crippen LogP contribution in [0.25, 0.3) is 0 Å². The van der Waals surface area contributed by atoms with Crippen LogP contribution in [0.5, 0.6) is 0 Å². The van der Waals surface area contributed by atoms with Gasteiger partial charge in [-0.15, -0.1) is 11.3 Å². The lowest BCUT2D eigenvalue weighted by Crippen LogP contribution is -2.11. The molecule has 0 radical (unpaired) electrons. The fourth-order valence-corrected chi connectivity index (χ4v) is 5.80. The summed E-state index contributed by atoms with van der Waals surface area (Å²) in [6.07, 6.45) is 5.33. The molecular weight excluding hydrogens is 304 g/mol. The van der Waals surface area contributed by atoms with Gasteiger partial charge >= 0.3 is 0 Å². The lowest BCUT2D eigenvalue weighted by molar-refractivity contribution is 0.596. The standard InChI is InChI=1S/C15H12N2O2S2/c18-21(19)9-11-3-1-2-4-12(11)14(17-7-6-16-10-17)13-5-8-20-15(13)21/h1-8,10,14H,9H2. The molecule has 1 unspecified atom stereocenters. The van der Waals surface area contributed by atoms with Crippen LogP contribution in [0.4, 0.5) is 0 Å². The Kier molecular flexibility index (Phi) is 2.77. The smallest absolute Gasteiger partial charge is 0.192 e. The van der Waals surface area contributed by atoms with E-state index in [1.54, 1.807) is 12.5 Å². The van der Waals surface area contributed by atoms with Crippen molar-refractivity contribution in [2.45, 2.75) is 16.0 Å². The Hall–Kier alpha value is -1.92. The Morgan fingerprint density at radius 3 is 2.86 bits per heavy atom. The number of aromatic nitrogens is 2. The second kappa shape index (κ2) is 4.54. The minimum atomic E-state index is -3.29. The lowest BCUT2D eigenvalue weighted by Gasteiger charge is -2.19. The average molecular weight is 316 g/mol. The van der Waals surface area contributed by atoms with E-state index in [1.807, 2.05) is 46.5 Å². The molecule has 0 saturated carbocycles. The minimum Gasteiger partial charge on any atom is -0.326 e. The Morgan fingerprint density at radius 1 is 1.19 bits per heavy atom. The summed E-state index contributed by atoms with van der Waals surface area (Å²) in [4.78, 5) is 4.11. The van der Waals surface area contributed by atoms with Gasteiger partial charge in [-0.05, 0) is 22.6 Å². The highest BCUT2D eigenvalue weighted by Gasteiger charge is 2.33. The summed E-state index contributed by atoms with van der Waals surface area (Å²) in [6, 6.07) is 9.51. The monoisotopic (exact) mass is 316 g/mol. The van der Waals surface area contributed by atoms with Crippen molar-refractivity contribution in [3.8, 4) is 0 Å². The number of benzene rings is 1. The van der Waals surface area contributed by atoms with Crippen LogP contribution in [0.1, 0.15) is 22.7 Å². The van der Waals surface area contributed by atoms with E-state index in [0.29, 0.717) is 4.21 Å². The largest absolute Gasteiger partial charge is 0.326 e. The molecule has 106 valence electrons. The molecule has 1 aliphatic rings. The summed E-state index contributed by atoms with van der Waals surface area (Å²) < 4.78 is 27.7. The maximum Gasteiger partial charge on any atom is 0.192 e. The Morgan fingerprint density at radius 2 is 2.05 bits per heavy atom. The van der Waals surface area contributed by atoms with Gasteiger partial charge in [-0.25, -0.2) is 13.4 Å². The summed E-state index contributed by atoms with van der Waals surface area (Å²) in [5, 5.41) is 1.85. The molecule has 21 heavy (non-hydrogen) atoms. The summed E-state index contributed by atoms with van der Waals surface area (Å²) in [7, 11) is -3.29. The number of fused-ring (bicyclic) bond motifs is 2. The van der Waals surface area contributed by atoms with Gasteiger partial charge in [0.2, 0.25) is 0 Å². The molecule has 0 N–H and O–H groups in total. The molecule has 0 amide bonds. The Balaban J connectivity index is 2.08. The number of imidazole rings is 1. The third-order valence-corrected chi connectivity index (χ3v) is 7.02. The van der Waals surface area contributed by atoms with Gasteiger partial charge in [-0.1, -0.05) is 24.3 Å². The normalized spacial score (nSPS) is 19.5. The fraction of sp³-hybridized carbons (Fsp3) is 0.133. The Bertz CT molecular complexity index is 895. The highest BCUT2D eigenvalue weighted by molar-refractivity contribution is 7.92. The number of sulfone groups is 1. The van der Waals surface area contributed by atoms with Gasteiger partial charge in [0, 0.05) is 18.0 Å². The minimum absolute atomic E-state index is 0.0574. The van der Waals surface area contributed by atoms with Gasteiger partial charge in [-0.2, -0.15) is 0 Å². The zero-order valence-corrected chi connectivity index (χ0v) is 12.6. The number of hydrogen-bond donors (Lipinski definition) is 0. The van der Waals surface area contributed by atoms with Crippen molar-refractivity contribution in [3.05, 3.63) is 71.1 Å². The first-order valence-corrected chi connectivity index (χ1v) is 9.05. The van der Waals surface area contributed by atoms with Crippen molar-refractivity contribution in [1.29, 1.82) is 0 Å². The molecule has 0 fully saturated rings. The SMILES string of the molecule is O=S1(=O)Cc2ccccc2C(n2ccnc2)c2ccsc21. The molecule has 4 nitrogen and oxygen atoms in total. The van der Waals surface area contributed by atoms with E-state index >= 15 is 0 Å². The summed E-state index contributed by atoms with van der Waals surface area (Å²) in [6.45, 7) is 0. The van der Waals surface area contributed by atoms with Crippen LogP contribution in [0.2, 0.25) is 0 Å². The molecule has 3 aromatic rings. The lowest BCUT2D eigenvalue weighted by atomic mass is 9.97. The van der Waals surface area contributed by atoms with Crippen molar-refractivity contribution in [1.82, 2.24) is 9.55 Å². The zero-order valence-electron chi connectivity index (χ0n) is 11.0. The van der Waals surface area contributed by atoms with E-state index in [0.717, 1.165) is 16.7 Å².